The first-order valence-electron chi connectivity index (χ1n) is 5.38. The number of nitrogens with zero attached hydrogens (tertiary/aromatic N) is 1. The van der Waals surface area contributed by atoms with E-state index < -0.39 is 5.97 Å². The summed E-state index contributed by atoms with van der Waals surface area (Å²) in [5.41, 5.74) is 0.936. The van der Waals surface area contributed by atoms with Crippen LogP contribution in [-0.4, -0.2) is 22.0 Å². The number of aliphatic carboxylic acids is 1. The van der Waals surface area contributed by atoms with Crippen LogP contribution in [0, 0.1) is 3.57 Å². The van der Waals surface area contributed by atoms with Gasteiger partial charge in [0.15, 0.2) is 5.13 Å². The van der Waals surface area contributed by atoms with Crippen LogP contribution in [0.15, 0.2) is 28.1 Å². The zero-order valence-electron chi connectivity index (χ0n) is 9.89. The third-order valence-corrected chi connectivity index (χ3v) is 4.45. The van der Waals surface area contributed by atoms with Gasteiger partial charge in [0, 0.05) is 13.4 Å². The fraction of sp³-hybridized carbons (Fsp3) is 0.0833. The van der Waals surface area contributed by atoms with Gasteiger partial charge >= 0.3 is 5.97 Å². The molecule has 1 heterocycles. The van der Waals surface area contributed by atoms with Crippen LogP contribution in [-0.2, 0) is 11.2 Å². The first kappa shape index (κ1) is 15.4. The zero-order valence-corrected chi connectivity index (χ0v) is 14.5. The van der Waals surface area contributed by atoms with Gasteiger partial charge in [-0.05, 0) is 56.7 Å². The van der Waals surface area contributed by atoms with Crippen molar-refractivity contribution in [3.05, 3.63) is 42.9 Å². The first-order chi connectivity index (χ1) is 9.45. The van der Waals surface area contributed by atoms with Crippen LogP contribution < -0.4 is 5.32 Å². The smallest absolute Gasteiger partial charge is 0.309 e. The molecule has 0 bridgehead atoms. The van der Waals surface area contributed by atoms with E-state index in [0.717, 1.165) is 3.57 Å². The number of halogens is 2. The van der Waals surface area contributed by atoms with Crippen LogP contribution in [0.3, 0.4) is 0 Å². The Bertz CT molecular complexity index is 674. The van der Waals surface area contributed by atoms with E-state index in [4.69, 9.17) is 5.11 Å². The average Bonchev–Trinajstić information content (AvgIpc) is 2.78. The third-order valence-electron chi connectivity index (χ3n) is 2.28. The number of hydrogen-bond donors (Lipinski definition) is 2. The van der Waals surface area contributed by atoms with Gasteiger partial charge in [0.25, 0.3) is 5.91 Å². The molecule has 0 aliphatic rings. The summed E-state index contributed by atoms with van der Waals surface area (Å²) in [7, 11) is 0. The molecule has 0 aliphatic heterocycles. The number of rotatable bonds is 4. The number of thiazole rings is 1. The zero-order chi connectivity index (χ0) is 14.7. The van der Waals surface area contributed by atoms with Crippen LogP contribution in [0.25, 0.3) is 0 Å². The van der Waals surface area contributed by atoms with Gasteiger partial charge in [-0.1, -0.05) is 0 Å². The predicted octanol–water partition coefficient (Wildman–Crippen LogP) is 3.39. The number of anilines is 1. The number of amides is 1. The van der Waals surface area contributed by atoms with Crippen molar-refractivity contribution in [3.63, 3.8) is 0 Å². The summed E-state index contributed by atoms with van der Waals surface area (Å²) in [5, 5.41) is 13.3. The molecule has 0 unspecified atom stereocenters. The van der Waals surface area contributed by atoms with E-state index in [1.165, 1.54) is 11.3 Å². The van der Waals surface area contributed by atoms with Crippen LogP contribution in [0.4, 0.5) is 5.13 Å². The van der Waals surface area contributed by atoms with Crippen molar-refractivity contribution in [3.8, 4) is 0 Å². The summed E-state index contributed by atoms with van der Waals surface area (Å²) in [6, 6.07) is 5.44. The Morgan fingerprint density at radius 3 is 2.90 bits per heavy atom. The fourth-order valence-electron chi connectivity index (χ4n) is 1.44. The highest BCUT2D eigenvalue weighted by Crippen LogP contribution is 2.22. The summed E-state index contributed by atoms with van der Waals surface area (Å²) < 4.78 is 1.64. The van der Waals surface area contributed by atoms with Crippen molar-refractivity contribution in [1.82, 2.24) is 4.98 Å². The number of benzene rings is 1. The number of aromatic nitrogens is 1. The molecule has 0 saturated heterocycles. The summed E-state index contributed by atoms with van der Waals surface area (Å²) >= 11 is 6.65. The minimum absolute atomic E-state index is 0.153. The topological polar surface area (TPSA) is 79.3 Å². The van der Waals surface area contributed by atoms with Crippen molar-refractivity contribution in [2.75, 3.05) is 5.32 Å². The Morgan fingerprint density at radius 2 is 2.20 bits per heavy atom. The lowest BCUT2D eigenvalue weighted by molar-refractivity contribution is -0.136. The molecule has 2 rings (SSSR count). The number of nitrogens with one attached hydrogen (secondary N) is 1. The van der Waals surface area contributed by atoms with Gasteiger partial charge in [0.2, 0.25) is 0 Å². The first-order valence-corrected chi connectivity index (χ1v) is 8.13. The second-order valence-electron chi connectivity index (χ2n) is 3.79. The van der Waals surface area contributed by atoms with E-state index in [0.29, 0.717) is 20.9 Å². The lowest BCUT2D eigenvalue weighted by Crippen LogP contribution is -2.13. The van der Waals surface area contributed by atoms with Crippen LogP contribution in [0.2, 0.25) is 0 Å². The van der Waals surface area contributed by atoms with Crippen molar-refractivity contribution in [2.24, 2.45) is 0 Å². The molecule has 2 aromatic rings. The SMILES string of the molecule is O=C(O)Cc1csc(NC(=O)c2cc(I)ccc2Br)n1. The van der Waals surface area contributed by atoms with Gasteiger partial charge in [-0.3, -0.25) is 14.9 Å². The van der Waals surface area contributed by atoms with Crippen molar-refractivity contribution in [1.29, 1.82) is 0 Å². The number of carbonyl (C=O) groups excluding carboxylic acids is 1. The molecule has 1 aromatic carbocycles. The Hall–Kier alpha value is -1.000. The van der Waals surface area contributed by atoms with Gasteiger partial charge in [0.1, 0.15) is 0 Å². The Balaban J connectivity index is 2.13. The summed E-state index contributed by atoms with van der Waals surface area (Å²) in [4.78, 5) is 26.8. The predicted molar refractivity (Wildman–Crippen MR) is 88.3 cm³/mol. The summed E-state index contributed by atoms with van der Waals surface area (Å²) in [6.07, 6.45) is -0.153. The highest BCUT2D eigenvalue weighted by molar-refractivity contribution is 14.1. The molecule has 0 saturated carbocycles. The normalized spacial score (nSPS) is 10.3. The minimum atomic E-state index is -0.950. The number of hydrogen-bond acceptors (Lipinski definition) is 4. The molecule has 0 aliphatic carbocycles. The van der Waals surface area contributed by atoms with Crippen molar-refractivity contribution >= 4 is 66.9 Å². The summed E-state index contributed by atoms with van der Waals surface area (Å²) in [6.45, 7) is 0. The largest absolute Gasteiger partial charge is 0.481 e. The monoisotopic (exact) mass is 466 g/mol. The fourth-order valence-corrected chi connectivity index (χ4v) is 3.06. The minimum Gasteiger partial charge on any atom is -0.481 e. The molecule has 0 atom stereocenters. The molecule has 1 amide bonds. The van der Waals surface area contributed by atoms with Gasteiger partial charge in [-0.2, -0.15) is 0 Å². The lowest BCUT2D eigenvalue weighted by atomic mass is 10.2. The molecule has 5 nitrogen and oxygen atoms in total. The molecular formula is C12H8BrIN2O3S. The maximum Gasteiger partial charge on any atom is 0.309 e. The van der Waals surface area contributed by atoms with E-state index in [1.54, 1.807) is 17.5 Å². The quantitative estimate of drug-likeness (QED) is 0.677. The van der Waals surface area contributed by atoms with E-state index >= 15 is 0 Å². The van der Waals surface area contributed by atoms with Gasteiger partial charge < -0.3 is 5.11 Å². The highest BCUT2D eigenvalue weighted by Gasteiger charge is 2.13. The Labute approximate surface area is 140 Å². The highest BCUT2D eigenvalue weighted by atomic mass is 127. The van der Waals surface area contributed by atoms with E-state index in [9.17, 15) is 9.59 Å². The van der Waals surface area contributed by atoms with E-state index in [1.807, 2.05) is 6.07 Å². The van der Waals surface area contributed by atoms with Crippen molar-refractivity contribution in [2.45, 2.75) is 6.42 Å². The number of carboxylic acid groups (broad SMARTS) is 1. The molecule has 8 heteroatoms. The van der Waals surface area contributed by atoms with Crippen LogP contribution in [0.5, 0.6) is 0 Å². The van der Waals surface area contributed by atoms with E-state index in [2.05, 4.69) is 48.8 Å². The van der Waals surface area contributed by atoms with Gasteiger partial charge in [-0.25, -0.2) is 4.98 Å². The van der Waals surface area contributed by atoms with Gasteiger partial charge in [-0.15, -0.1) is 11.3 Å². The maximum atomic E-state index is 12.1. The van der Waals surface area contributed by atoms with Crippen molar-refractivity contribution < 1.29 is 14.7 Å². The maximum absolute atomic E-state index is 12.1. The molecule has 0 radical (unpaired) electrons. The molecular weight excluding hydrogens is 459 g/mol. The second-order valence-corrected chi connectivity index (χ2v) is 6.75. The molecule has 2 N–H and O–H groups in total. The molecule has 0 spiro atoms. The average molecular weight is 467 g/mol. The number of carboxylic acids is 1. The second kappa shape index (κ2) is 6.64. The molecule has 1 aromatic heterocycles. The Kier molecular flexibility index (Phi) is 5.11. The lowest BCUT2D eigenvalue weighted by Gasteiger charge is -2.04. The molecule has 0 fully saturated rings. The summed E-state index contributed by atoms with van der Waals surface area (Å²) in [5.74, 6) is -1.24. The molecule has 104 valence electrons. The van der Waals surface area contributed by atoms with E-state index in [-0.39, 0.29) is 12.3 Å². The van der Waals surface area contributed by atoms with Crippen LogP contribution >= 0.6 is 49.9 Å². The third kappa shape index (κ3) is 4.00. The Morgan fingerprint density at radius 1 is 1.45 bits per heavy atom. The molecule has 20 heavy (non-hydrogen) atoms. The van der Waals surface area contributed by atoms with Gasteiger partial charge in [0.05, 0.1) is 17.7 Å². The number of carbonyl (C=O) groups is 2. The standard InChI is InChI=1S/C12H8BrIN2O3S/c13-9-2-1-6(14)3-8(9)11(19)16-12-15-7(5-20-12)4-10(17)18/h1-3,5H,4H2,(H,17,18)(H,15,16,19). The van der Waals surface area contributed by atoms with Crippen LogP contribution in [0.1, 0.15) is 16.1 Å².